The minimum absolute atomic E-state index is 0.259. The molecular formula is C12H4Cl2F6N4O2S. The number of hydrogen-bond donors (Lipinski definition) is 2. The van der Waals surface area contributed by atoms with Crippen LogP contribution in [-0.2, 0) is 16.0 Å². The number of nitrogens with zero attached hydrogens (tertiary/aromatic N) is 2. The molecule has 0 aliphatic rings. The summed E-state index contributed by atoms with van der Waals surface area (Å²) in [6.07, 6.45) is -5.00. The van der Waals surface area contributed by atoms with E-state index in [1.54, 1.807) is 0 Å². The van der Waals surface area contributed by atoms with Crippen molar-refractivity contribution in [1.82, 2.24) is 10.2 Å². The van der Waals surface area contributed by atoms with E-state index < -0.39 is 64.7 Å². The third-order valence-corrected chi connectivity index (χ3v) is 5.45. The van der Waals surface area contributed by atoms with Gasteiger partial charge in [-0.3, -0.25) is 5.10 Å². The number of nitrogen functional groups attached to an aromatic ring is 1. The quantitative estimate of drug-likeness (QED) is 0.524. The molecule has 0 saturated carbocycles. The SMILES string of the molecule is N#Cc1n[nH]c(-c2c(Cl)cc(C(F)(F)F)c(N)c2Cl)c1S(=O)(=O)C(F)(F)F. The molecule has 27 heavy (non-hydrogen) atoms. The Kier molecular flexibility index (Phi) is 5.06. The van der Waals surface area contributed by atoms with E-state index >= 15 is 0 Å². The first-order chi connectivity index (χ1) is 12.1. The predicted molar refractivity (Wildman–Crippen MR) is 81.4 cm³/mol. The highest BCUT2D eigenvalue weighted by Gasteiger charge is 2.51. The van der Waals surface area contributed by atoms with Crippen LogP contribution >= 0.6 is 23.2 Å². The second-order valence-electron chi connectivity index (χ2n) is 4.84. The van der Waals surface area contributed by atoms with Crippen molar-refractivity contribution < 1.29 is 34.8 Å². The van der Waals surface area contributed by atoms with Gasteiger partial charge in [0.1, 0.15) is 11.0 Å². The molecule has 0 spiro atoms. The summed E-state index contributed by atoms with van der Waals surface area (Å²) in [5.41, 5.74) is -6.16. The lowest BCUT2D eigenvalue weighted by atomic mass is 10.1. The maximum Gasteiger partial charge on any atom is 0.502 e. The number of rotatable bonds is 2. The number of nitrogens with two attached hydrogens (primary N) is 1. The number of nitriles is 1. The number of aromatic nitrogens is 2. The first-order valence-corrected chi connectivity index (χ1v) is 8.53. The number of benzene rings is 1. The average Bonchev–Trinajstić information content (AvgIpc) is 2.93. The van der Waals surface area contributed by atoms with Crippen LogP contribution in [0.4, 0.5) is 32.0 Å². The zero-order chi connectivity index (χ0) is 20.9. The van der Waals surface area contributed by atoms with Crippen LogP contribution < -0.4 is 5.73 Å². The van der Waals surface area contributed by atoms with Gasteiger partial charge in [0.25, 0.3) is 9.84 Å². The lowest BCUT2D eigenvalue weighted by Gasteiger charge is -2.16. The first-order valence-electron chi connectivity index (χ1n) is 6.29. The molecule has 0 aliphatic heterocycles. The molecule has 2 aromatic rings. The summed E-state index contributed by atoms with van der Waals surface area (Å²) in [7, 11) is -6.14. The van der Waals surface area contributed by atoms with Crippen LogP contribution in [0.2, 0.25) is 10.0 Å². The number of anilines is 1. The Morgan fingerprint density at radius 2 is 1.74 bits per heavy atom. The van der Waals surface area contributed by atoms with E-state index in [0.29, 0.717) is 0 Å². The van der Waals surface area contributed by atoms with E-state index in [4.69, 9.17) is 34.2 Å². The van der Waals surface area contributed by atoms with Crippen LogP contribution in [0.15, 0.2) is 11.0 Å². The van der Waals surface area contributed by atoms with Crippen molar-refractivity contribution in [2.75, 3.05) is 5.73 Å². The van der Waals surface area contributed by atoms with E-state index in [-0.39, 0.29) is 6.07 Å². The van der Waals surface area contributed by atoms with Crippen LogP contribution in [0.3, 0.4) is 0 Å². The molecule has 0 atom stereocenters. The predicted octanol–water partition coefficient (Wildman–Crippen LogP) is 4.15. The smallest absolute Gasteiger partial charge is 0.397 e. The number of halogens is 8. The second-order valence-corrected chi connectivity index (χ2v) is 7.51. The fourth-order valence-corrected chi connectivity index (χ4v) is 3.69. The first kappa shape index (κ1) is 21.1. The minimum Gasteiger partial charge on any atom is -0.397 e. The van der Waals surface area contributed by atoms with Crippen molar-refractivity contribution in [3.63, 3.8) is 0 Å². The van der Waals surface area contributed by atoms with Crippen molar-refractivity contribution >= 4 is 38.7 Å². The van der Waals surface area contributed by atoms with E-state index in [9.17, 15) is 34.8 Å². The van der Waals surface area contributed by atoms with Crippen LogP contribution in [0.1, 0.15) is 11.3 Å². The maximum atomic E-state index is 12.9. The molecule has 1 aromatic carbocycles. The second kappa shape index (κ2) is 6.47. The molecule has 0 radical (unpaired) electrons. The van der Waals surface area contributed by atoms with E-state index in [0.717, 1.165) is 6.07 Å². The molecule has 1 heterocycles. The minimum atomic E-state index is -6.14. The topological polar surface area (TPSA) is 113 Å². The van der Waals surface area contributed by atoms with Gasteiger partial charge in [0.15, 0.2) is 5.69 Å². The highest BCUT2D eigenvalue weighted by atomic mass is 35.5. The van der Waals surface area contributed by atoms with E-state index in [2.05, 4.69) is 5.10 Å². The summed E-state index contributed by atoms with van der Waals surface area (Å²) in [5, 5.41) is 12.0. The van der Waals surface area contributed by atoms with E-state index in [1.807, 2.05) is 5.10 Å². The van der Waals surface area contributed by atoms with Crippen molar-refractivity contribution in [3.05, 3.63) is 27.4 Å². The van der Waals surface area contributed by atoms with Gasteiger partial charge in [-0.25, -0.2) is 8.42 Å². The highest BCUT2D eigenvalue weighted by Crippen LogP contribution is 2.47. The zero-order valence-electron chi connectivity index (χ0n) is 12.3. The van der Waals surface area contributed by atoms with Gasteiger partial charge < -0.3 is 5.73 Å². The van der Waals surface area contributed by atoms with Crippen LogP contribution in [0.25, 0.3) is 11.3 Å². The Bertz CT molecular complexity index is 1070. The molecule has 6 nitrogen and oxygen atoms in total. The van der Waals surface area contributed by atoms with Crippen molar-refractivity contribution in [2.24, 2.45) is 0 Å². The van der Waals surface area contributed by atoms with E-state index in [1.165, 1.54) is 0 Å². The molecule has 2 rings (SSSR count). The fourth-order valence-electron chi connectivity index (χ4n) is 2.05. The Morgan fingerprint density at radius 1 is 1.19 bits per heavy atom. The lowest BCUT2D eigenvalue weighted by Crippen LogP contribution is -2.24. The van der Waals surface area contributed by atoms with Gasteiger partial charge in [0.2, 0.25) is 0 Å². The third kappa shape index (κ3) is 3.40. The molecule has 0 unspecified atom stereocenters. The van der Waals surface area contributed by atoms with Gasteiger partial charge in [0.05, 0.1) is 27.0 Å². The summed E-state index contributed by atoms with van der Waals surface area (Å²) in [6.45, 7) is 0. The largest absolute Gasteiger partial charge is 0.502 e. The molecular weight excluding hydrogens is 449 g/mol. The van der Waals surface area contributed by atoms with Gasteiger partial charge in [-0.1, -0.05) is 23.2 Å². The molecule has 0 fully saturated rings. The number of alkyl halides is 6. The maximum absolute atomic E-state index is 12.9. The van der Waals surface area contributed by atoms with Crippen LogP contribution in [0, 0.1) is 11.3 Å². The zero-order valence-corrected chi connectivity index (χ0v) is 14.6. The number of nitrogens with one attached hydrogen (secondary N) is 1. The van der Waals surface area contributed by atoms with Crippen molar-refractivity contribution in [2.45, 2.75) is 16.6 Å². The molecule has 3 N–H and O–H groups in total. The standard InChI is InChI=1S/C12H4Cl2F6N4O2S/c13-4-1-3(11(15,16)17)8(22)7(14)6(4)9-10(5(2-21)23-24-9)27(25,26)12(18,19)20/h1H,22H2,(H,23,24). The molecule has 146 valence electrons. The lowest BCUT2D eigenvalue weighted by molar-refractivity contribution is -0.136. The van der Waals surface area contributed by atoms with Crippen LogP contribution in [-0.4, -0.2) is 24.1 Å². The Hall–Kier alpha value is -2.17. The number of hydrogen-bond acceptors (Lipinski definition) is 5. The normalized spacial score (nSPS) is 12.9. The van der Waals surface area contributed by atoms with Gasteiger partial charge in [-0.2, -0.15) is 36.7 Å². The third-order valence-electron chi connectivity index (χ3n) is 3.21. The Labute approximate surface area is 156 Å². The fraction of sp³-hybridized carbons (Fsp3) is 0.167. The molecule has 15 heteroatoms. The molecule has 0 amide bonds. The summed E-state index contributed by atoms with van der Waals surface area (Å²) in [6, 6.07) is 1.39. The van der Waals surface area contributed by atoms with Gasteiger partial charge in [-0.05, 0) is 6.07 Å². The number of H-pyrrole nitrogens is 1. The summed E-state index contributed by atoms with van der Waals surface area (Å²) < 4.78 is 101. The van der Waals surface area contributed by atoms with Gasteiger partial charge >= 0.3 is 11.7 Å². The average molecular weight is 453 g/mol. The molecule has 0 saturated heterocycles. The Morgan fingerprint density at radius 3 is 2.19 bits per heavy atom. The summed E-state index contributed by atoms with van der Waals surface area (Å²) in [5.74, 6) is 0. The van der Waals surface area contributed by atoms with Crippen molar-refractivity contribution in [3.8, 4) is 17.3 Å². The monoisotopic (exact) mass is 452 g/mol. The molecule has 0 bridgehead atoms. The number of sulfone groups is 1. The Balaban J connectivity index is 2.94. The molecule has 1 aromatic heterocycles. The van der Waals surface area contributed by atoms with Gasteiger partial charge in [0, 0.05) is 5.56 Å². The molecule has 0 aliphatic carbocycles. The van der Waals surface area contributed by atoms with Crippen LogP contribution in [0.5, 0.6) is 0 Å². The summed E-state index contributed by atoms with van der Waals surface area (Å²) >= 11 is 11.4. The van der Waals surface area contributed by atoms with Gasteiger partial charge in [-0.15, -0.1) is 0 Å². The number of aromatic amines is 1. The summed E-state index contributed by atoms with van der Waals surface area (Å²) in [4.78, 5) is -1.64. The van der Waals surface area contributed by atoms with Crippen molar-refractivity contribution in [1.29, 1.82) is 5.26 Å². The highest BCUT2D eigenvalue weighted by molar-refractivity contribution is 7.92.